The highest BCUT2D eigenvalue weighted by Gasteiger charge is 2.31. The Morgan fingerprint density at radius 1 is 1.30 bits per heavy atom. The molecule has 4 nitrogen and oxygen atoms in total. The molecule has 1 aliphatic heterocycles. The topological polar surface area (TPSA) is 45.5 Å². The van der Waals surface area contributed by atoms with Gasteiger partial charge in [-0.25, -0.2) is 0 Å². The second kappa shape index (κ2) is 6.59. The minimum absolute atomic E-state index is 0.00514. The first-order chi connectivity index (χ1) is 11.0. The van der Waals surface area contributed by atoms with Crippen molar-refractivity contribution >= 4 is 5.91 Å². The zero-order chi connectivity index (χ0) is 16.4. The van der Waals surface area contributed by atoms with E-state index in [0.29, 0.717) is 18.8 Å². The summed E-state index contributed by atoms with van der Waals surface area (Å²) in [6.45, 7) is 3.21. The maximum Gasteiger partial charge on any atom is 0.270 e. The van der Waals surface area contributed by atoms with Gasteiger partial charge >= 0.3 is 0 Å². The fourth-order valence-corrected chi connectivity index (χ4v) is 3.39. The van der Waals surface area contributed by atoms with Gasteiger partial charge in [-0.15, -0.1) is 0 Å². The Morgan fingerprint density at radius 2 is 2.13 bits per heavy atom. The molecule has 1 amide bonds. The molecule has 0 radical (unpaired) electrons. The number of carbonyl (C=O) groups excluding carboxylic acids is 1. The zero-order valence-electron chi connectivity index (χ0n) is 13.8. The van der Waals surface area contributed by atoms with Gasteiger partial charge in [-0.05, 0) is 43.4 Å². The van der Waals surface area contributed by atoms with E-state index in [1.807, 2.05) is 29.9 Å². The van der Waals surface area contributed by atoms with Crippen LogP contribution in [0.1, 0.15) is 28.0 Å². The van der Waals surface area contributed by atoms with Gasteiger partial charge in [-0.2, -0.15) is 0 Å². The molecule has 3 rings (SSSR count). The largest absolute Gasteiger partial charge is 0.391 e. The smallest absolute Gasteiger partial charge is 0.270 e. The minimum Gasteiger partial charge on any atom is -0.391 e. The summed E-state index contributed by atoms with van der Waals surface area (Å²) in [4.78, 5) is 14.3. The predicted octanol–water partition coefficient (Wildman–Crippen LogP) is 2.40. The van der Waals surface area contributed by atoms with Crippen LogP contribution in [0.3, 0.4) is 0 Å². The normalized spacial score (nSPS) is 21.4. The van der Waals surface area contributed by atoms with E-state index in [9.17, 15) is 9.90 Å². The summed E-state index contributed by atoms with van der Waals surface area (Å²) in [5.41, 5.74) is 3.18. The maximum absolute atomic E-state index is 12.5. The van der Waals surface area contributed by atoms with Gasteiger partial charge in [0.1, 0.15) is 5.69 Å². The first-order valence-electron chi connectivity index (χ1n) is 8.19. The van der Waals surface area contributed by atoms with E-state index in [1.165, 1.54) is 11.1 Å². The van der Waals surface area contributed by atoms with E-state index in [0.717, 1.165) is 12.8 Å². The lowest BCUT2D eigenvalue weighted by molar-refractivity contribution is 0.0193. The first kappa shape index (κ1) is 15.8. The number of hydrogen-bond donors (Lipinski definition) is 1. The van der Waals surface area contributed by atoms with Crippen molar-refractivity contribution < 1.29 is 9.90 Å². The number of benzene rings is 1. The van der Waals surface area contributed by atoms with Crippen LogP contribution in [0.5, 0.6) is 0 Å². The van der Waals surface area contributed by atoms with Crippen molar-refractivity contribution in [2.75, 3.05) is 13.1 Å². The summed E-state index contributed by atoms with van der Waals surface area (Å²) in [6.07, 6.45) is 3.11. The Labute approximate surface area is 137 Å². The SMILES string of the molecule is Cc1cccc(C[C@H]2CCN(C(=O)c3cccn3C)C[C@@H]2O)c1. The molecule has 0 bridgehead atoms. The number of rotatable bonds is 3. The monoisotopic (exact) mass is 312 g/mol. The summed E-state index contributed by atoms with van der Waals surface area (Å²) >= 11 is 0. The van der Waals surface area contributed by atoms with Crippen molar-refractivity contribution in [3.63, 3.8) is 0 Å². The fraction of sp³-hybridized carbons (Fsp3) is 0.421. The van der Waals surface area contributed by atoms with Crippen molar-refractivity contribution in [2.45, 2.75) is 25.9 Å². The molecule has 1 aliphatic rings. The molecule has 0 saturated carbocycles. The van der Waals surface area contributed by atoms with Gasteiger partial charge in [0.2, 0.25) is 0 Å². The number of piperidine rings is 1. The Bertz CT molecular complexity index is 692. The predicted molar refractivity (Wildman–Crippen MR) is 90.3 cm³/mol. The molecule has 2 aromatic rings. The molecule has 2 heterocycles. The number of aliphatic hydroxyl groups excluding tert-OH is 1. The van der Waals surface area contributed by atoms with Crippen LogP contribution in [0.25, 0.3) is 0 Å². The lowest BCUT2D eigenvalue weighted by atomic mass is 9.87. The molecule has 2 atom stereocenters. The molecular formula is C19H24N2O2. The van der Waals surface area contributed by atoms with Gasteiger partial charge in [-0.3, -0.25) is 4.79 Å². The molecule has 1 saturated heterocycles. The highest BCUT2D eigenvalue weighted by molar-refractivity contribution is 5.92. The highest BCUT2D eigenvalue weighted by Crippen LogP contribution is 2.24. The summed E-state index contributed by atoms with van der Waals surface area (Å²) in [5.74, 6) is 0.222. The van der Waals surface area contributed by atoms with Crippen LogP contribution in [0.2, 0.25) is 0 Å². The molecule has 1 fully saturated rings. The van der Waals surface area contributed by atoms with Crippen LogP contribution in [-0.4, -0.2) is 39.7 Å². The zero-order valence-corrected chi connectivity index (χ0v) is 13.8. The van der Waals surface area contributed by atoms with Crippen LogP contribution in [0.4, 0.5) is 0 Å². The number of carbonyl (C=O) groups is 1. The Morgan fingerprint density at radius 3 is 2.78 bits per heavy atom. The van der Waals surface area contributed by atoms with Gasteiger partial charge in [0.15, 0.2) is 0 Å². The van der Waals surface area contributed by atoms with E-state index < -0.39 is 6.10 Å². The minimum atomic E-state index is -0.464. The molecule has 1 aromatic carbocycles. The van der Waals surface area contributed by atoms with Crippen molar-refractivity contribution in [3.05, 3.63) is 59.4 Å². The van der Waals surface area contributed by atoms with Crippen LogP contribution in [0.15, 0.2) is 42.6 Å². The van der Waals surface area contributed by atoms with Gasteiger partial charge in [0.05, 0.1) is 6.10 Å². The fourth-order valence-electron chi connectivity index (χ4n) is 3.39. The maximum atomic E-state index is 12.5. The van der Waals surface area contributed by atoms with Crippen molar-refractivity contribution in [2.24, 2.45) is 13.0 Å². The Hall–Kier alpha value is -2.07. The quantitative estimate of drug-likeness (QED) is 0.946. The highest BCUT2D eigenvalue weighted by atomic mass is 16.3. The molecule has 0 spiro atoms. The average Bonchev–Trinajstić information content (AvgIpc) is 2.95. The van der Waals surface area contributed by atoms with E-state index >= 15 is 0 Å². The number of amides is 1. The molecule has 4 heteroatoms. The molecular weight excluding hydrogens is 288 g/mol. The van der Waals surface area contributed by atoms with E-state index in [4.69, 9.17) is 0 Å². The van der Waals surface area contributed by atoms with Crippen LogP contribution >= 0.6 is 0 Å². The van der Waals surface area contributed by atoms with Gasteiger partial charge < -0.3 is 14.6 Å². The number of likely N-dealkylation sites (tertiary alicyclic amines) is 1. The molecule has 1 aromatic heterocycles. The molecule has 122 valence electrons. The Balaban J connectivity index is 1.63. The van der Waals surface area contributed by atoms with Gasteiger partial charge in [-0.1, -0.05) is 29.8 Å². The number of nitrogens with zero attached hydrogens (tertiary/aromatic N) is 2. The lowest BCUT2D eigenvalue weighted by Crippen LogP contribution is -2.47. The summed E-state index contributed by atoms with van der Waals surface area (Å²) < 4.78 is 1.83. The summed E-state index contributed by atoms with van der Waals surface area (Å²) in [6, 6.07) is 12.1. The van der Waals surface area contributed by atoms with Gasteiger partial charge in [0.25, 0.3) is 5.91 Å². The van der Waals surface area contributed by atoms with Crippen LogP contribution < -0.4 is 0 Å². The van der Waals surface area contributed by atoms with Crippen molar-refractivity contribution in [1.82, 2.24) is 9.47 Å². The molecule has 23 heavy (non-hydrogen) atoms. The number of hydrogen-bond acceptors (Lipinski definition) is 2. The van der Waals surface area contributed by atoms with Crippen LogP contribution in [-0.2, 0) is 13.5 Å². The van der Waals surface area contributed by atoms with Crippen molar-refractivity contribution in [1.29, 1.82) is 0 Å². The van der Waals surface area contributed by atoms with E-state index in [1.54, 1.807) is 4.90 Å². The van der Waals surface area contributed by atoms with E-state index in [-0.39, 0.29) is 11.8 Å². The summed E-state index contributed by atoms with van der Waals surface area (Å²) in [5, 5.41) is 10.5. The number of β-amino-alcohol motifs (C(OH)–C–C–N with tert-alkyl or cyclic N) is 1. The van der Waals surface area contributed by atoms with Crippen molar-refractivity contribution in [3.8, 4) is 0 Å². The van der Waals surface area contributed by atoms with E-state index in [2.05, 4.69) is 31.2 Å². The second-order valence-corrected chi connectivity index (χ2v) is 6.56. The average molecular weight is 312 g/mol. The standard InChI is InChI=1S/C19H24N2O2/c1-14-5-3-6-15(11-14)12-16-8-10-21(13-18(16)22)19(23)17-7-4-9-20(17)2/h3-7,9,11,16,18,22H,8,10,12-13H2,1-2H3/t16-,18+/m1/s1. The van der Waals surface area contributed by atoms with Gasteiger partial charge in [0, 0.05) is 26.3 Å². The first-order valence-corrected chi connectivity index (χ1v) is 8.19. The molecule has 0 unspecified atom stereocenters. The third-order valence-corrected chi connectivity index (χ3v) is 4.75. The Kier molecular flexibility index (Phi) is 4.53. The lowest BCUT2D eigenvalue weighted by Gasteiger charge is -2.36. The number of aryl methyl sites for hydroxylation is 2. The third kappa shape index (κ3) is 3.48. The number of aromatic nitrogens is 1. The third-order valence-electron chi connectivity index (χ3n) is 4.75. The molecule has 1 N–H and O–H groups in total. The summed E-state index contributed by atoms with van der Waals surface area (Å²) in [7, 11) is 1.87. The van der Waals surface area contributed by atoms with Crippen LogP contribution in [0, 0.1) is 12.8 Å². The second-order valence-electron chi connectivity index (χ2n) is 6.56. The number of aliphatic hydroxyl groups is 1. The molecule has 0 aliphatic carbocycles.